The van der Waals surface area contributed by atoms with Crippen molar-refractivity contribution in [3.8, 4) is 0 Å². The number of rotatable bonds is 5. The zero-order valence-electron chi connectivity index (χ0n) is 10.3. The Balaban J connectivity index is 2.15. The standard InChI is InChI=1S/C12H25NOS/c1-11(2)15-9-8-13-6-4-12(3,10-14)5-7-13/h11,14H,4-10H2,1-3H3. The fourth-order valence-corrected chi connectivity index (χ4v) is 2.73. The van der Waals surface area contributed by atoms with E-state index in [1.165, 1.54) is 12.3 Å². The van der Waals surface area contributed by atoms with E-state index in [1.807, 2.05) is 11.8 Å². The van der Waals surface area contributed by atoms with E-state index >= 15 is 0 Å². The smallest absolute Gasteiger partial charge is 0.0485 e. The number of piperidine rings is 1. The molecule has 1 rings (SSSR count). The summed E-state index contributed by atoms with van der Waals surface area (Å²) in [6, 6.07) is 0. The number of thioether (sulfide) groups is 1. The molecule has 3 heteroatoms. The number of hydrogen-bond donors (Lipinski definition) is 1. The third kappa shape index (κ3) is 4.75. The third-order valence-electron chi connectivity index (χ3n) is 3.30. The van der Waals surface area contributed by atoms with Crippen molar-refractivity contribution in [1.29, 1.82) is 0 Å². The van der Waals surface area contributed by atoms with Gasteiger partial charge in [-0.15, -0.1) is 0 Å². The van der Waals surface area contributed by atoms with Crippen LogP contribution in [0.3, 0.4) is 0 Å². The summed E-state index contributed by atoms with van der Waals surface area (Å²) in [6.07, 6.45) is 2.30. The molecule has 0 amide bonds. The lowest BCUT2D eigenvalue weighted by Crippen LogP contribution is -2.41. The second-order valence-electron chi connectivity index (χ2n) is 5.23. The van der Waals surface area contributed by atoms with Crippen molar-refractivity contribution in [3.63, 3.8) is 0 Å². The molecule has 1 aliphatic rings. The average Bonchev–Trinajstić information content (AvgIpc) is 2.21. The van der Waals surface area contributed by atoms with Crippen LogP contribution in [-0.2, 0) is 0 Å². The van der Waals surface area contributed by atoms with E-state index in [2.05, 4.69) is 25.7 Å². The molecule has 0 aromatic heterocycles. The quantitative estimate of drug-likeness (QED) is 0.785. The summed E-state index contributed by atoms with van der Waals surface area (Å²) < 4.78 is 0. The van der Waals surface area contributed by atoms with Crippen LogP contribution in [0.4, 0.5) is 0 Å². The van der Waals surface area contributed by atoms with Gasteiger partial charge in [0, 0.05) is 18.9 Å². The predicted octanol–water partition coefficient (Wildman–Crippen LogP) is 2.22. The van der Waals surface area contributed by atoms with Crippen molar-refractivity contribution in [2.75, 3.05) is 32.0 Å². The Morgan fingerprint density at radius 3 is 2.40 bits per heavy atom. The molecular weight excluding hydrogens is 206 g/mol. The minimum Gasteiger partial charge on any atom is -0.396 e. The second kappa shape index (κ2) is 6.12. The zero-order valence-corrected chi connectivity index (χ0v) is 11.1. The fraction of sp³-hybridized carbons (Fsp3) is 1.00. The van der Waals surface area contributed by atoms with Crippen LogP contribution < -0.4 is 0 Å². The maximum Gasteiger partial charge on any atom is 0.0485 e. The lowest BCUT2D eigenvalue weighted by molar-refractivity contribution is 0.0614. The van der Waals surface area contributed by atoms with Gasteiger partial charge in [-0.3, -0.25) is 0 Å². The molecule has 1 aliphatic heterocycles. The lowest BCUT2D eigenvalue weighted by atomic mass is 9.81. The molecule has 1 heterocycles. The number of hydrogen-bond acceptors (Lipinski definition) is 3. The van der Waals surface area contributed by atoms with Crippen molar-refractivity contribution in [1.82, 2.24) is 4.90 Å². The highest BCUT2D eigenvalue weighted by Crippen LogP contribution is 2.29. The van der Waals surface area contributed by atoms with Gasteiger partial charge in [0.25, 0.3) is 0 Å². The van der Waals surface area contributed by atoms with Crippen molar-refractivity contribution in [2.45, 2.75) is 38.9 Å². The molecule has 2 nitrogen and oxygen atoms in total. The summed E-state index contributed by atoms with van der Waals surface area (Å²) >= 11 is 2.04. The van der Waals surface area contributed by atoms with Gasteiger partial charge in [-0.25, -0.2) is 0 Å². The van der Waals surface area contributed by atoms with E-state index in [9.17, 15) is 5.11 Å². The zero-order chi connectivity index (χ0) is 11.3. The van der Waals surface area contributed by atoms with Crippen molar-refractivity contribution < 1.29 is 5.11 Å². The van der Waals surface area contributed by atoms with Gasteiger partial charge in [0.2, 0.25) is 0 Å². The molecule has 0 bridgehead atoms. The number of nitrogens with zero attached hydrogens (tertiary/aromatic N) is 1. The molecule has 0 atom stereocenters. The van der Waals surface area contributed by atoms with Gasteiger partial charge in [0.15, 0.2) is 0 Å². The summed E-state index contributed by atoms with van der Waals surface area (Å²) in [7, 11) is 0. The van der Waals surface area contributed by atoms with Crippen LogP contribution in [0.2, 0.25) is 0 Å². The molecule has 0 aromatic carbocycles. The fourth-order valence-electron chi connectivity index (χ4n) is 1.89. The van der Waals surface area contributed by atoms with Crippen LogP contribution in [-0.4, -0.2) is 47.3 Å². The van der Waals surface area contributed by atoms with Gasteiger partial charge >= 0.3 is 0 Å². The minimum absolute atomic E-state index is 0.196. The summed E-state index contributed by atoms with van der Waals surface area (Å²) in [4.78, 5) is 2.53. The van der Waals surface area contributed by atoms with Crippen LogP contribution >= 0.6 is 11.8 Å². The molecule has 0 saturated carbocycles. The first-order valence-corrected chi connectivity index (χ1v) is 7.05. The Morgan fingerprint density at radius 1 is 1.33 bits per heavy atom. The Labute approximate surface area is 98.4 Å². The first kappa shape index (κ1) is 13.3. The van der Waals surface area contributed by atoms with Crippen LogP contribution in [0, 0.1) is 5.41 Å². The van der Waals surface area contributed by atoms with E-state index in [0.717, 1.165) is 31.2 Å². The minimum atomic E-state index is 0.196. The Kier molecular flexibility index (Phi) is 5.44. The van der Waals surface area contributed by atoms with Gasteiger partial charge in [-0.2, -0.15) is 11.8 Å². The Morgan fingerprint density at radius 2 is 1.93 bits per heavy atom. The van der Waals surface area contributed by atoms with Crippen LogP contribution in [0.25, 0.3) is 0 Å². The highest BCUT2D eigenvalue weighted by molar-refractivity contribution is 7.99. The maximum absolute atomic E-state index is 9.26. The van der Waals surface area contributed by atoms with E-state index in [4.69, 9.17) is 0 Å². The molecule has 90 valence electrons. The Hall–Kier alpha value is 0.270. The lowest BCUT2D eigenvalue weighted by Gasteiger charge is -2.38. The molecule has 0 unspecified atom stereocenters. The number of aliphatic hydroxyl groups is 1. The van der Waals surface area contributed by atoms with E-state index in [-0.39, 0.29) is 5.41 Å². The molecule has 0 radical (unpaired) electrons. The van der Waals surface area contributed by atoms with Crippen molar-refractivity contribution in [3.05, 3.63) is 0 Å². The molecule has 1 N–H and O–H groups in total. The Bertz CT molecular complexity index is 176. The molecule has 0 aliphatic carbocycles. The molecule has 1 saturated heterocycles. The van der Waals surface area contributed by atoms with Gasteiger partial charge in [0.05, 0.1) is 0 Å². The summed E-state index contributed by atoms with van der Waals surface area (Å²) in [5.41, 5.74) is 0.196. The van der Waals surface area contributed by atoms with E-state index in [1.54, 1.807) is 0 Å². The largest absolute Gasteiger partial charge is 0.396 e. The first-order valence-electron chi connectivity index (χ1n) is 6.00. The third-order valence-corrected chi connectivity index (χ3v) is 4.39. The molecule has 0 aromatic rings. The predicted molar refractivity (Wildman–Crippen MR) is 68.5 cm³/mol. The maximum atomic E-state index is 9.26. The topological polar surface area (TPSA) is 23.5 Å². The van der Waals surface area contributed by atoms with E-state index < -0.39 is 0 Å². The van der Waals surface area contributed by atoms with Crippen LogP contribution in [0.1, 0.15) is 33.6 Å². The summed E-state index contributed by atoms with van der Waals surface area (Å²) in [5, 5.41) is 10.0. The summed E-state index contributed by atoms with van der Waals surface area (Å²) in [6.45, 7) is 10.6. The monoisotopic (exact) mass is 231 g/mol. The van der Waals surface area contributed by atoms with Crippen LogP contribution in [0.15, 0.2) is 0 Å². The summed E-state index contributed by atoms with van der Waals surface area (Å²) in [5.74, 6) is 1.24. The molecular formula is C12H25NOS. The number of likely N-dealkylation sites (tertiary alicyclic amines) is 1. The highest BCUT2D eigenvalue weighted by Gasteiger charge is 2.28. The van der Waals surface area contributed by atoms with Crippen LogP contribution in [0.5, 0.6) is 0 Å². The molecule has 1 fully saturated rings. The highest BCUT2D eigenvalue weighted by atomic mass is 32.2. The SMILES string of the molecule is CC(C)SCCN1CCC(C)(CO)CC1. The van der Waals surface area contributed by atoms with E-state index in [0.29, 0.717) is 6.61 Å². The van der Waals surface area contributed by atoms with Crippen molar-refractivity contribution >= 4 is 11.8 Å². The number of aliphatic hydroxyl groups excluding tert-OH is 1. The second-order valence-corrected chi connectivity index (χ2v) is 6.91. The van der Waals surface area contributed by atoms with Crippen molar-refractivity contribution in [2.24, 2.45) is 5.41 Å². The van der Waals surface area contributed by atoms with Gasteiger partial charge < -0.3 is 10.0 Å². The van der Waals surface area contributed by atoms with Gasteiger partial charge in [-0.1, -0.05) is 20.8 Å². The average molecular weight is 231 g/mol. The van der Waals surface area contributed by atoms with Gasteiger partial charge in [0.1, 0.15) is 0 Å². The molecule has 0 spiro atoms. The first-order chi connectivity index (χ1) is 7.06. The molecule has 15 heavy (non-hydrogen) atoms. The van der Waals surface area contributed by atoms with Gasteiger partial charge in [-0.05, 0) is 36.6 Å². The normalized spacial score (nSPS) is 22.2.